The zero-order valence-electron chi connectivity index (χ0n) is 18.5. The number of halogens is 1. The monoisotopic (exact) mass is 477 g/mol. The van der Waals surface area contributed by atoms with Crippen LogP contribution in [0.3, 0.4) is 0 Å². The molecule has 9 heteroatoms. The Morgan fingerprint density at radius 1 is 1.06 bits per heavy atom. The Kier molecular flexibility index (Phi) is 8.17. The molecule has 0 fully saturated rings. The van der Waals surface area contributed by atoms with E-state index in [9.17, 15) is 4.79 Å². The van der Waals surface area contributed by atoms with E-state index in [1.54, 1.807) is 30.2 Å². The van der Waals surface area contributed by atoms with Crippen LogP contribution < -0.4 is 19.1 Å². The molecule has 172 valence electrons. The van der Waals surface area contributed by atoms with Crippen LogP contribution in [0, 0.1) is 0 Å². The minimum Gasteiger partial charge on any atom is -0.497 e. The normalized spacial score (nSPS) is 12.5. The number of aromatic nitrogens is 1. The number of rotatable bonds is 8. The Labute approximate surface area is 198 Å². The summed E-state index contributed by atoms with van der Waals surface area (Å²) in [5.74, 6) is 1.95. The molecule has 1 aliphatic heterocycles. The molecule has 1 amide bonds. The lowest BCUT2D eigenvalue weighted by Crippen LogP contribution is -2.38. The number of ether oxygens (including phenoxy) is 3. The van der Waals surface area contributed by atoms with Gasteiger partial charge in [-0.3, -0.25) is 9.69 Å². The number of hydrogen-bond acceptors (Lipinski definition) is 7. The summed E-state index contributed by atoms with van der Waals surface area (Å²) < 4.78 is 17.6. The summed E-state index contributed by atoms with van der Waals surface area (Å²) in [5.41, 5.74) is 1.41. The van der Waals surface area contributed by atoms with Gasteiger partial charge >= 0.3 is 0 Å². The van der Waals surface area contributed by atoms with Crippen molar-refractivity contribution in [1.82, 2.24) is 9.88 Å². The third-order valence-electron chi connectivity index (χ3n) is 5.38. The first-order valence-corrected chi connectivity index (χ1v) is 11.3. The molecule has 0 unspecified atom stereocenters. The van der Waals surface area contributed by atoms with Gasteiger partial charge in [-0.25, -0.2) is 4.98 Å². The maximum Gasteiger partial charge on any atom is 0.260 e. The lowest BCUT2D eigenvalue weighted by atomic mass is 10.1. The first-order valence-electron chi connectivity index (χ1n) is 10.5. The number of anilines is 1. The van der Waals surface area contributed by atoms with E-state index in [0.717, 1.165) is 35.6 Å². The Morgan fingerprint density at radius 2 is 1.81 bits per heavy atom. The van der Waals surface area contributed by atoms with Gasteiger partial charge in [0, 0.05) is 18.7 Å². The molecule has 1 aliphatic rings. The number of amides is 1. The minimum atomic E-state index is -0.102. The Hall–Kier alpha value is -2.55. The van der Waals surface area contributed by atoms with Crippen LogP contribution in [0.1, 0.15) is 24.2 Å². The molecule has 0 atom stereocenters. The van der Waals surface area contributed by atoms with Gasteiger partial charge in [-0.15, -0.1) is 12.4 Å². The summed E-state index contributed by atoms with van der Waals surface area (Å²) >= 11 is 1.49. The zero-order valence-corrected chi connectivity index (χ0v) is 20.1. The second-order valence-corrected chi connectivity index (χ2v) is 8.18. The number of nitrogens with zero attached hydrogens (tertiary/aromatic N) is 3. The highest BCUT2D eigenvalue weighted by atomic mass is 35.5. The van der Waals surface area contributed by atoms with Gasteiger partial charge in [-0.2, -0.15) is 0 Å². The van der Waals surface area contributed by atoms with Crippen LogP contribution in [0.25, 0.3) is 10.2 Å². The lowest BCUT2D eigenvalue weighted by molar-refractivity contribution is 0.0982. The summed E-state index contributed by atoms with van der Waals surface area (Å²) in [6, 6.07) is 11.1. The molecule has 0 saturated heterocycles. The summed E-state index contributed by atoms with van der Waals surface area (Å²) in [4.78, 5) is 22.4. The van der Waals surface area contributed by atoms with Crippen molar-refractivity contribution < 1.29 is 19.0 Å². The topological polar surface area (TPSA) is 64.1 Å². The molecular formula is C23H28ClN3O4S. The van der Waals surface area contributed by atoms with E-state index in [-0.39, 0.29) is 18.3 Å². The van der Waals surface area contributed by atoms with Crippen molar-refractivity contribution in [2.45, 2.75) is 13.8 Å². The molecular weight excluding hydrogens is 450 g/mol. The molecule has 3 aromatic rings. The minimum absolute atomic E-state index is 0. The van der Waals surface area contributed by atoms with Crippen LogP contribution in [-0.2, 0) is 0 Å². The molecule has 1 aromatic heterocycles. The van der Waals surface area contributed by atoms with Crippen LogP contribution in [0.2, 0.25) is 0 Å². The van der Waals surface area contributed by atoms with E-state index in [0.29, 0.717) is 42.0 Å². The van der Waals surface area contributed by atoms with Crippen molar-refractivity contribution in [2.75, 3.05) is 51.4 Å². The van der Waals surface area contributed by atoms with Gasteiger partial charge in [0.15, 0.2) is 16.6 Å². The number of fused-ring (bicyclic) bond motifs is 2. The quantitative estimate of drug-likeness (QED) is 0.476. The fourth-order valence-electron chi connectivity index (χ4n) is 3.53. The predicted octanol–water partition coefficient (Wildman–Crippen LogP) is 4.49. The van der Waals surface area contributed by atoms with Crippen LogP contribution in [0.15, 0.2) is 36.4 Å². The maximum absolute atomic E-state index is 13.6. The van der Waals surface area contributed by atoms with E-state index < -0.39 is 0 Å². The van der Waals surface area contributed by atoms with Gasteiger partial charge in [0.05, 0.1) is 17.3 Å². The van der Waals surface area contributed by atoms with Crippen LogP contribution in [0.4, 0.5) is 5.13 Å². The second-order valence-electron chi connectivity index (χ2n) is 7.17. The van der Waals surface area contributed by atoms with Gasteiger partial charge in [0.25, 0.3) is 5.91 Å². The van der Waals surface area contributed by atoms with Crippen molar-refractivity contribution in [1.29, 1.82) is 0 Å². The van der Waals surface area contributed by atoms with Crippen molar-refractivity contribution in [2.24, 2.45) is 0 Å². The molecule has 0 N–H and O–H groups in total. The number of likely N-dealkylation sites (N-methyl/N-ethyl adjacent to an activating group) is 1. The molecule has 0 aliphatic carbocycles. The first kappa shape index (κ1) is 24.1. The van der Waals surface area contributed by atoms with Crippen LogP contribution in [0.5, 0.6) is 17.2 Å². The highest BCUT2D eigenvalue weighted by Gasteiger charge is 2.24. The fraction of sp³-hybridized carbons (Fsp3) is 0.391. The third kappa shape index (κ3) is 5.09. The Balaban J connectivity index is 0.00000289. The van der Waals surface area contributed by atoms with Crippen molar-refractivity contribution in [3.63, 3.8) is 0 Å². The largest absolute Gasteiger partial charge is 0.497 e. The molecule has 2 aromatic carbocycles. The van der Waals surface area contributed by atoms with Crippen molar-refractivity contribution >= 4 is 45.0 Å². The number of carbonyl (C=O) groups excluding carboxylic acids is 1. The van der Waals surface area contributed by atoms with Crippen LogP contribution in [-0.4, -0.2) is 62.3 Å². The van der Waals surface area contributed by atoms with Gasteiger partial charge in [0.2, 0.25) is 0 Å². The average Bonchev–Trinajstić information content (AvgIpc) is 3.24. The molecule has 4 rings (SSSR count). The molecule has 0 saturated carbocycles. The first-order chi connectivity index (χ1) is 15.1. The van der Waals surface area contributed by atoms with Gasteiger partial charge in [-0.05, 0) is 49.5 Å². The molecule has 0 spiro atoms. The zero-order chi connectivity index (χ0) is 21.8. The highest BCUT2D eigenvalue weighted by molar-refractivity contribution is 7.22. The summed E-state index contributed by atoms with van der Waals surface area (Å²) in [5, 5.41) is 0.676. The second kappa shape index (κ2) is 10.8. The number of methoxy groups -OCH3 is 1. The summed E-state index contributed by atoms with van der Waals surface area (Å²) in [6.07, 6.45) is 0. The number of hydrogen-bond donors (Lipinski definition) is 0. The lowest BCUT2D eigenvalue weighted by Gasteiger charge is -2.25. The van der Waals surface area contributed by atoms with Crippen molar-refractivity contribution in [3.05, 3.63) is 42.0 Å². The number of thiazole rings is 1. The van der Waals surface area contributed by atoms with E-state index in [1.807, 2.05) is 18.2 Å². The Bertz CT molecular complexity index is 1070. The highest BCUT2D eigenvalue weighted by Crippen LogP contribution is 2.34. The van der Waals surface area contributed by atoms with E-state index in [1.165, 1.54) is 11.3 Å². The molecule has 7 nitrogen and oxygen atoms in total. The molecule has 0 radical (unpaired) electrons. The van der Waals surface area contributed by atoms with Gasteiger partial charge in [0.1, 0.15) is 19.0 Å². The SMILES string of the molecule is CCN(CC)CCN(C(=O)c1ccc2c(c1)OCCO2)c1nc2ccc(OC)cc2s1.Cl. The van der Waals surface area contributed by atoms with E-state index >= 15 is 0 Å². The smallest absolute Gasteiger partial charge is 0.260 e. The average molecular weight is 478 g/mol. The fourth-order valence-corrected chi connectivity index (χ4v) is 4.55. The van der Waals surface area contributed by atoms with Crippen LogP contribution >= 0.6 is 23.7 Å². The standard InChI is InChI=1S/C23H27N3O4S.ClH/c1-4-25(5-2)10-11-26(23-24-18-8-7-17(28-3)15-21(18)31-23)22(27)16-6-9-19-20(14-16)30-13-12-29-19;/h6-9,14-15H,4-5,10-13H2,1-3H3;1H. The van der Waals surface area contributed by atoms with Gasteiger partial charge in [-0.1, -0.05) is 25.2 Å². The number of carbonyl (C=O) groups is 1. The molecule has 2 heterocycles. The molecule has 32 heavy (non-hydrogen) atoms. The predicted molar refractivity (Wildman–Crippen MR) is 130 cm³/mol. The van der Waals surface area contributed by atoms with E-state index in [4.69, 9.17) is 19.2 Å². The maximum atomic E-state index is 13.6. The third-order valence-corrected chi connectivity index (χ3v) is 6.42. The van der Waals surface area contributed by atoms with Crippen molar-refractivity contribution in [3.8, 4) is 17.2 Å². The summed E-state index contributed by atoms with van der Waals surface area (Å²) in [6.45, 7) is 8.43. The Morgan fingerprint density at radius 3 is 2.53 bits per heavy atom. The summed E-state index contributed by atoms with van der Waals surface area (Å²) in [7, 11) is 1.64. The number of benzene rings is 2. The van der Waals surface area contributed by atoms with E-state index in [2.05, 4.69) is 18.7 Å². The molecule has 0 bridgehead atoms. The van der Waals surface area contributed by atoms with Gasteiger partial charge < -0.3 is 19.1 Å².